The van der Waals surface area contributed by atoms with Crippen LogP contribution >= 0.6 is 11.6 Å². The average Bonchev–Trinajstić information content (AvgIpc) is 2.68. The molecule has 0 heterocycles. The molecule has 1 saturated carbocycles. The van der Waals surface area contributed by atoms with Crippen molar-refractivity contribution in [2.24, 2.45) is 5.41 Å². The number of benzene rings is 1. The van der Waals surface area contributed by atoms with Crippen molar-refractivity contribution in [3.05, 3.63) is 30.3 Å². The first-order valence-corrected chi connectivity index (χ1v) is 6.16. The molecule has 0 amide bonds. The fraction of sp³-hybridized carbons (Fsp3) is 0.455. The SMILES string of the molecule is CC1(C)C[C@]1(Cl)[S@@](=O)c1ccccc1. The minimum absolute atomic E-state index is 0.00470. The molecule has 1 aliphatic carbocycles. The van der Waals surface area contributed by atoms with E-state index in [9.17, 15) is 4.21 Å². The van der Waals surface area contributed by atoms with Gasteiger partial charge in [-0.05, 0) is 24.0 Å². The quantitative estimate of drug-likeness (QED) is 0.711. The van der Waals surface area contributed by atoms with Gasteiger partial charge in [0.15, 0.2) is 0 Å². The highest BCUT2D eigenvalue weighted by Gasteiger charge is 2.64. The van der Waals surface area contributed by atoms with Gasteiger partial charge in [0.1, 0.15) is 4.21 Å². The highest BCUT2D eigenvalue weighted by Crippen LogP contribution is 2.63. The van der Waals surface area contributed by atoms with Crippen LogP contribution < -0.4 is 0 Å². The molecule has 2 atom stereocenters. The topological polar surface area (TPSA) is 17.1 Å². The summed E-state index contributed by atoms with van der Waals surface area (Å²) in [5.74, 6) is 0. The van der Waals surface area contributed by atoms with E-state index in [-0.39, 0.29) is 5.41 Å². The molecule has 0 spiro atoms. The number of hydrogen-bond acceptors (Lipinski definition) is 1. The number of alkyl halides is 1. The van der Waals surface area contributed by atoms with Gasteiger partial charge >= 0.3 is 0 Å². The minimum atomic E-state index is -1.09. The lowest BCUT2D eigenvalue weighted by atomic mass is 10.2. The highest BCUT2D eigenvalue weighted by molar-refractivity contribution is 7.88. The summed E-state index contributed by atoms with van der Waals surface area (Å²) < 4.78 is 11.6. The van der Waals surface area contributed by atoms with Crippen LogP contribution in [0.5, 0.6) is 0 Å². The van der Waals surface area contributed by atoms with Gasteiger partial charge in [0.05, 0.1) is 10.8 Å². The Morgan fingerprint density at radius 1 is 1.29 bits per heavy atom. The molecular weight excluding hydrogens is 216 g/mol. The van der Waals surface area contributed by atoms with Crippen LogP contribution in [0.3, 0.4) is 0 Å². The van der Waals surface area contributed by atoms with Crippen molar-refractivity contribution < 1.29 is 4.21 Å². The number of halogens is 1. The van der Waals surface area contributed by atoms with E-state index in [1.807, 2.05) is 30.3 Å². The third-order valence-corrected chi connectivity index (χ3v) is 5.86. The van der Waals surface area contributed by atoms with Crippen molar-refractivity contribution >= 4 is 22.4 Å². The molecule has 0 radical (unpaired) electrons. The Morgan fingerprint density at radius 3 is 2.21 bits per heavy atom. The van der Waals surface area contributed by atoms with Gasteiger partial charge in [0, 0.05) is 4.90 Å². The maximum atomic E-state index is 12.1. The van der Waals surface area contributed by atoms with Crippen molar-refractivity contribution in [2.45, 2.75) is 29.4 Å². The summed E-state index contributed by atoms with van der Waals surface area (Å²) in [6, 6.07) is 9.44. The van der Waals surface area contributed by atoms with E-state index in [0.29, 0.717) is 0 Å². The summed E-state index contributed by atoms with van der Waals surface area (Å²) in [7, 11) is -1.09. The van der Waals surface area contributed by atoms with Gasteiger partial charge in [-0.1, -0.05) is 32.0 Å². The van der Waals surface area contributed by atoms with E-state index in [4.69, 9.17) is 11.6 Å². The van der Waals surface area contributed by atoms with Crippen LogP contribution in [0.4, 0.5) is 0 Å². The lowest BCUT2D eigenvalue weighted by molar-refractivity contribution is 0.625. The lowest BCUT2D eigenvalue weighted by Gasteiger charge is -2.11. The van der Waals surface area contributed by atoms with Crippen LogP contribution in [0, 0.1) is 5.41 Å². The van der Waals surface area contributed by atoms with E-state index < -0.39 is 15.0 Å². The van der Waals surface area contributed by atoms with Gasteiger partial charge in [0.2, 0.25) is 0 Å². The summed E-state index contributed by atoms with van der Waals surface area (Å²) in [6.45, 7) is 4.11. The van der Waals surface area contributed by atoms with Gasteiger partial charge in [-0.25, -0.2) is 0 Å². The molecule has 0 aliphatic heterocycles. The maximum absolute atomic E-state index is 12.1. The largest absolute Gasteiger partial charge is 0.252 e. The van der Waals surface area contributed by atoms with Gasteiger partial charge in [0.25, 0.3) is 0 Å². The van der Waals surface area contributed by atoms with Crippen LogP contribution in [0.2, 0.25) is 0 Å². The smallest absolute Gasteiger partial charge is 0.130 e. The first-order chi connectivity index (χ1) is 6.47. The summed E-state index contributed by atoms with van der Waals surface area (Å²) >= 11 is 6.32. The first kappa shape index (κ1) is 10.2. The molecule has 2 rings (SSSR count). The Kier molecular flexibility index (Phi) is 2.24. The summed E-state index contributed by atoms with van der Waals surface area (Å²) in [5.41, 5.74) is -0.00470. The summed E-state index contributed by atoms with van der Waals surface area (Å²) in [6.07, 6.45) is 0.822. The van der Waals surface area contributed by atoms with Crippen molar-refractivity contribution in [1.82, 2.24) is 0 Å². The molecule has 76 valence electrons. The predicted molar refractivity (Wildman–Crippen MR) is 59.8 cm³/mol. The molecule has 3 heteroatoms. The van der Waals surface area contributed by atoms with Crippen molar-refractivity contribution in [3.8, 4) is 0 Å². The Morgan fingerprint density at radius 2 is 1.79 bits per heavy atom. The van der Waals surface area contributed by atoms with Crippen molar-refractivity contribution in [2.75, 3.05) is 0 Å². The monoisotopic (exact) mass is 228 g/mol. The van der Waals surface area contributed by atoms with Crippen LogP contribution in [0.15, 0.2) is 35.2 Å². The van der Waals surface area contributed by atoms with Gasteiger partial charge in [-0.15, -0.1) is 11.6 Å². The molecule has 1 aliphatic rings. The third-order valence-electron chi connectivity index (χ3n) is 2.81. The summed E-state index contributed by atoms with van der Waals surface area (Å²) in [4.78, 5) is 0.827. The van der Waals surface area contributed by atoms with Gasteiger partial charge in [-0.3, -0.25) is 4.21 Å². The van der Waals surface area contributed by atoms with Crippen molar-refractivity contribution in [1.29, 1.82) is 0 Å². The van der Waals surface area contributed by atoms with Crippen LogP contribution in [-0.2, 0) is 10.8 Å². The van der Waals surface area contributed by atoms with Gasteiger partial charge in [-0.2, -0.15) is 0 Å². The molecule has 1 aromatic rings. The zero-order valence-corrected chi connectivity index (χ0v) is 9.86. The Balaban J connectivity index is 2.28. The molecular formula is C11H13ClOS. The molecule has 1 aromatic carbocycles. The van der Waals surface area contributed by atoms with Crippen LogP contribution in [0.25, 0.3) is 0 Å². The van der Waals surface area contributed by atoms with E-state index >= 15 is 0 Å². The third kappa shape index (κ3) is 1.41. The normalized spacial score (nSPS) is 31.1. The molecule has 1 fully saturated rings. The molecule has 14 heavy (non-hydrogen) atoms. The van der Waals surface area contributed by atoms with Crippen LogP contribution in [0.1, 0.15) is 20.3 Å². The van der Waals surface area contributed by atoms with E-state index in [2.05, 4.69) is 13.8 Å². The molecule has 0 N–H and O–H groups in total. The second-order valence-electron chi connectivity index (χ2n) is 4.37. The Hall–Kier alpha value is -0.340. The second-order valence-corrected chi connectivity index (χ2v) is 6.95. The maximum Gasteiger partial charge on any atom is 0.130 e. The van der Waals surface area contributed by atoms with E-state index in [1.165, 1.54) is 0 Å². The highest BCUT2D eigenvalue weighted by atomic mass is 35.5. The Bertz CT molecular complexity index is 374. The van der Waals surface area contributed by atoms with Crippen molar-refractivity contribution in [3.63, 3.8) is 0 Å². The summed E-state index contributed by atoms with van der Waals surface area (Å²) in [5, 5.41) is 0. The average molecular weight is 229 g/mol. The van der Waals surface area contributed by atoms with Gasteiger partial charge < -0.3 is 0 Å². The lowest BCUT2D eigenvalue weighted by Crippen LogP contribution is -2.15. The second kappa shape index (κ2) is 3.07. The zero-order chi connectivity index (χ0) is 10.4. The number of rotatable bonds is 2. The van der Waals surface area contributed by atoms with E-state index in [1.54, 1.807) is 0 Å². The fourth-order valence-electron chi connectivity index (χ4n) is 1.57. The zero-order valence-electron chi connectivity index (χ0n) is 8.29. The standard InChI is InChI=1S/C11H13ClOS/c1-10(2)8-11(10,12)14(13)9-6-4-3-5-7-9/h3-7H,8H2,1-2H3/t11-,14-/m0/s1. The Labute approximate surface area is 91.9 Å². The molecule has 0 aromatic heterocycles. The first-order valence-electron chi connectivity index (χ1n) is 4.63. The molecule has 0 saturated heterocycles. The predicted octanol–water partition coefficient (Wildman–Crippen LogP) is 3.16. The van der Waals surface area contributed by atoms with E-state index in [0.717, 1.165) is 11.3 Å². The number of hydrogen-bond donors (Lipinski definition) is 0. The molecule has 0 bridgehead atoms. The minimum Gasteiger partial charge on any atom is -0.252 e. The molecule has 1 nitrogen and oxygen atoms in total. The van der Waals surface area contributed by atoms with Crippen LogP contribution in [-0.4, -0.2) is 8.42 Å². The molecule has 0 unspecified atom stereocenters. The fourth-order valence-corrected chi connectivity index (χ4v) is 3.94.